The predicted molar refractivity (Wildman–Crippen MR) is 111 cm³/mol. The number of amides is 1. The molecule has 0 spiro atoms. The molecule has 0 saturated heterocycles. The van der Waals surface area contributed by atoms with E-state index in [1.807, 2.05) is 0 Å². The molecule has 0 saturated carbocycles. The standard InChI is InChI=1S/C19H18N2O5S3/c20-29(25,26)18-10-9-16(27-18)12-21-19(22)15-6-4-5-14(11-15)13-28(23,24)17-7-2-1-3-8-17/h1-11H,12-13H2,(H,21,22)(H2,20,25,26). The number of sulfone groups is 1. The van der Waals surface area contributed by atoms with E-state index in [1.165, 1.54) is 24.3 Å². The van der Waals surface area contributed by atoms with Crippen molar-refractivity contribution in [3.05, 3.63) is 82.7 Å². The summed E-state index contributed by atoms with van der Waals surface area (Å²) >= 11 is 0.979. The number of thiophene rings is 1. The van der Waals surface area contributed by atoms with Crippen molar-refractivity contribution in [1.82, 2.24) is 5.32 Å². The molecule has 0 aliphatic rings. The van der Waals surface area contributed by atoms with E-state index in [-0.39, 0.29) is 21.4 Å². The van der Waals surface area contributed by atoms with Crippen LogP contribution in [0.25, 0.3) is 0 Å². The molecule has 10 heteroatoms. The zero-order valence-electron chi connectivity index (χ0n) is 15.1. The third-order valence-corrected chi connectivity index (χ3v) is 8.22. The van der Waals surface area contributed by atoms with Gasteiger partial charge in [0.2, 0.25) is 10.0 Å². The first kappa shape index (κ1) is 21.2. The van der Waals surface area contributed by atoms with Crippen molar-refractivity contribution in [1.29, 1.82) is 0 Å². The molecule has 0 aliphatic carbocycles. The van der Waals surface area contributed by atoms with Crippen molar-refractivity contribution in [3.8, 4) is 0 Å². The van der Waals surface area contributed by atoms with Crippen LogP contribution in [0.15, 0.2) is 75.8 Å². The Labute approximate surface area is 173 Å². The normalized spacial score (nSPS) is 11.9. The van der Waals surface area contributed by atoms with Gasteiger partial charge in [0.15, 0.2) is 9.84 Å². The molecular formula is C19H18N2O5S3. The zero-order valence-corrected chi connectivity index (χ0v) is 17.6. The van der Waals surface area contributed by atoms with Crippen LogP contribution in [-0.4, -0.2) is 22.7 Å². The zero-order chi connectivity index (χ0) is 21.1. The van der Waals surface area contributed by atoms with E-state index in [0.29, 0.717) is 16.0 Å². The van der Waals surface area contributed by atoms with Crippen LogP contribution in [0.2, 0.25) is 0 Å². The Morgan fingerprint density at radius 1 is 0.931 bits per heavy atom. The summed E-state index contributed by atoms with van der Waals surface area (Å²) in [5.74, 6) is -0.615. The van der Waals surface area contributed by atoms with Crippen LogP contribution in [0.1, 0.15) is 20.8 Å². The minimum absolute atomic E-state index is 0.0230. The van der Waals surface area contributed by atoms with Gasteiger partial charge < -0.3 is 5.32 Å². The number of nitrogens with one attached hydrogen (secondary N) is 1. The topological polar surface area (TPSA) is 123 Å². The molecule has 3 rings (SSSR count). The summed E-state index contributed by atoms with van der Waals surface area (Å²) in [5.41, 5.74) is 0.808. The van der Waals surface area contributed by atoms with Crippen molar-refractivity contribution in [3.63, 3.8) is 0 Å². The molecule has 3 N–H and O–H groups in total. The first-order valence-corrected chi connectivity index (χ1v) is 12.4. The third-order valence-electron chi connectivity index (χ3n) is 3.99. The lowest BCUT2D eigenvalue weighted by atomic mass is 10.1. The van der Waals surface area contributed by atoms with Gasteiger partial charge in [0.25, 0.3) is 5.91 Å². The molecule has 0 bridgehead atoms. The molecule has 0 radical (unpaired) electrons. The average Bonchev–Trinajstić information content (AvgIpc) is 3.16. The number of carbonyl (C=O) groups excluding carboxylic acids is 1. The maximum absolute atomic E-state index is 12.5. The van der Waals surface area contributed by atoms with Gasteiger partial charge in [-0.3, -0.25) is 4.79 Å². The first-order valence-electron chi connectivity index (χ1n) is 8.42. The monoisotopic (exact) mass is 450 g/mol. The fourth-order valence-electron chi connectivity index (χ4n) is 2.61. The smallest absolute Gasteiger partial charge is 0.251 e. The Morgan fingerprint density at radius 2 is 1.66 bits per heavy atom. The van der Waals surface area contributed by atoms with Crippen molar-refractivity contribution in [2.24, 2.45) is 5.14 Å². The Hall–Kier alpha value is -2.53. The first-order chi connectivity index (χ1) is 13.6. The number of rotatable bonds is 7. The lowest BCUT2D eigenvalue weighted by Gasteiger charge is -2.08. The maximum atomic E-state index is 12.5. The molecule has 1 heterocycles. The highest BCUT2D eigenvalue weighted by atomic mass is 32.2. The van der Waals surface area contributed by atoms with Crippen LogP contribution in [-0.2, 0) is 32.2 Å². The van der Waals surface area contributed by atoms with Crippen molar-refractivity contribution >= 4 is 37.1 Å². The number of primary sulfonamides is 1. The molecule has 0 atom stereocenters. The summed E-state index contributed by atoms with van der Waals surface area (Å²) in [6.45, 7) is 0.131. The van der Waals surface area contributed by atoms with Gasteiger partial charge in [0, 0.05) is 10.4 Å². The Balaban J connectivity index is 1.69. The molecule has 7 nitrogen and oxygen atoms in total. The third kappa shape index (κ3) is 5.51. The molecule has 1 amide bonds. The van der Waals surface area contributed by atoms with Gasteiger partial charge in [-0.25, -0.2) is 22.0 Å². The summed E-state index contributed by atoms with van der Waals surface area (Å²) in [7, 11) is -7.29. The second-order valence-electron chi connectivity index (χ2n) is 6.22. The fourth-order valence-corrected chi connectivity index (χ4v) is 5.68. The molecule has 1 aromatic heterocycles. The van der Waals surface area contributed by atoms with Crippen LogP contribution in [0, 0.1) is 0 Å². The van der Waals surface area contributed by atoms with Gasteiger partial charge in [-0.05, 0) is 42.0 Å². The lowest BCUT2D eigenvalue weighted by Crippen LogP contribution is -2.22. The SMILES string of the molecule is NS(=O)(=O)c1ccc(CNC(=O)c2cccc(CS(=O)(=O)c3ccccc3)c2)s1. The highest BCUT2D eigenvalue weighted by molar-refractivity contribution is 7.91. The molecule has 152 valence electrons. The van der Waals surface area contributed by atoms with E-state index in [9.17, 15) is 21.6 Å². The van der Waals surface area contributed by atoms with Crippen LogP contribution in [0.4, 0.5) is 0 Å². The highest BCUT2D eigenvalue weighted by Crippen LogP contribution is 2.20. The number of carbonyl (C=O) groups is 1. The van der Waals surface area contributed by atoms with Gasteiger partial charge in [0.1, 0.15) is 4.21 Å². The van der Waals surface area contributed by atoms with Crippen molar-refractivity contribution in [2.75, 3.05) is 0 Å². The summed E-state index contributed by atoms with van der Waals surface area (Å²) < 4.78 is 47.7. The Morgan fingerprint density at radius 3 is 2.31 bits per heavy atom. The summed E-state index contributed by atoms with van der Waals surface area (Å²) in [5, 5.41) is 7.76. The summed E-state index contributed by atoms with van der Waals surface area (Å²) in [4.78, 5) is 13.3. The quantitative estimate of drug-likeness (QED) is 0.572. The molecule has 0 aliphatic heterocycles. The van der Waals surface area contributed by atoms with Crippen molar-refractivity contribution < 1.29 is 21.6 Å². The molecule has 3 aromatic rings. The fraction of sp³-hybridized carbons (Fsp3) is 0.105. The molecule has 2 aromatic carbocycles. The van der Waals surface area contributed by atoms with E-state index in [2.05, 4.69) is 5.32 Å². The number of benzene rings is 2. The second-order valence-corrected chi connectivity index (χ2v) is 11.2. The second kappa shape index (κ2) is 8.46. The van der Waals surface area contributed by atoms with Gasteiger partial charge in [0.05, 0.1) is 17.2 Å². The molecule has 0 unspecified atom stereocenters. The molecule has 29 heavy (non-hydrogen) atoms. The number of nitrogens with two attached hydrogens (primary N) is 1. The number of hydrogen-bond acceptors (Lipinski definition) is 6. The van der Waals surface area contributed by atoms with Crippen LogP contribution in [0.3, 0.4) is 0 Å². The van der Waals surface area contributed by atoms with Gasteiger partial charge in [-0.15, -0.1) is 11.3 Å². The minimum atomic E-state index is -3.77. The van der Waals surface area contributed by atoms with E-state index in [4.69, 9.17) is 5.14 Å². The Kier molecular flexibility index (Phi) is 6.18. The van der Waals surface area contributed by atoms with Crippen LogP contribution in [0.5, 0.6) is 0 Å². The molecule has 0 fully saturated rings. The van der Waals surface area contributed by atoms with E-state index < -0.39 is 25.8 Å². The van der Waals surface area contributed by atoms with Crippen LogP contribution < -0.4 is 10.5 Å². The summed E-state index contributed by atoms with van der Waals surface area (Å²) in [6.07, 6.45) is 0. The van der Waals surface area contributed by atoms with Gasteiger partial charge >= 0.3 is 0 Å². The predicted octanol–water partition coefficient (Wildman–Crippen LogP) is 2.30. The van der Waals surface area contributed by atoms with Gasteiger partial charge in [-0.2, -0.15) is 0 Å². The Bertz CT molecular complexity index is 1230. The highest BCUT2D eigenvalue weighted by Gasteiger charge is 2.16. The largest absolute Gasteiger partial charge is 0.347 e. The number of hydrogen-bond donors (Lipinski definition) is 2. The van der Waals surface area contributed by atoms with Crippen molar-refractivity contribution in [2.45, 2.75) is 21.4 Å². The minimum Gasteiger partial charge on any atom is -0.347 e. The van der Waals surface area contributed by atoms with E-state index in [0.717, 1.165) is 11.3 Å². The number of sulfonamides is 1. The maximum Gasteiger partial charge on any atom is 0.251 e. The molecular weight excluding hydrogens is 432 g/mol. The summed E-state index contributed by atoms with van der Waals surface area (Å²) in [6, 6.07) is 17.5. The van der Waals surface area contributed by atoms with Gasteiger partial charge in [-0.1, -0.05) is 30.3 Å². The van der Waals surface area contributed by atoms with E-state index in [1.54, 1.807) is 42.5 Å². The van der Waals surface area contributed by atoms with Crippen LogP contribution >= 0.6 is 11.3 Å². The average molecular weight is 451 g/mol. The lowest BCUT2D eigenvalue weighted by molar-refractivity contribution is 0.0951. The van der Waals surface area contributed by atoms with E-state index >= 15 is 0 Å².